The molecular formula is C30H48O2. The van der Waals surface area contributed by atoms with Crippen molar-refractivity contribution in [3.63, 3.8) is 0 Å². The van der Waals surface area contributed by atoms with Crippen molar-refractivity contribution in [2.45, 2.75) is 129 Å². The number of phenols is 2. The highest BCUT2D eigenvalue weighted by Crippen LogP contribution is 2.37. The summed E-state index contributed by atoms with van der Waals surface area (Å²) in [5.41, 5.74) is 0.873. The molecule has 0 saturated carbocycles. The maximum Gasteiger partial charge on any atom is 0.165 e. The Morgan fingerprint density at radius 3 is 1.47 bits per heavy atom. The number of phenolic OH excluding ortho intramolecular Hbond substituents is 2. The van der Waals surface area contributed by atoms with Crippen LogP contribution in [-0.2, 0) is 6.42 Å². The molecule has 0 aliphatic rings. The van der Waals surface area contributed by atoms with Gasteiger partial charge in [-0.2, -0.15) is 0 Å². The Balaban J connectivity index is 1.40. The van der Waals surface area contributed by atoms with Gasteiger partial charge in [0.15, 0.2) is 11.5 Å². The van der Waals surface area contributed by atoms with E-state index in [1.165, 1.54) is 109 Å². The van der Waals surface area contributed by atoms with E-state index in [2.05, 4.69) is 6.92 Å². The Kier molecular flexibility index (Phi) is 14.0. The zero-order valence-corrected chi connectivity index (χ0v) is 20.7. The van der Waals surface area contributed by atoms with Crippen molar-refractivity contribution in [2.24, 2.45) is 0 Å². The van der Waals surface area contributed by atoms with Crippen LogP contribution in [0.1, 0.15) is 128 Å². The predicted molar refractivity (Wildman–Crippen MR) is 140 cm³/mol. The van der Waals surface area contributed by atoms with Gasteiger partial charge in [-0.25, -0.2) is 0 Å². The van der Waals surface area contributed by atoms with Gasteiger partial charge in [-0.1, -0.05) is 140 Å². The summed E-state index contributed by atoms with van der Waals surface area (Å²) in [6.45, 7) is 2.29. The lowest BCUT2D eigenvalue weighted by Crippen LogP contribution is -1.89. The van der Waals surface area contributed by atoms with Gasteiger partial charge in [0, 0.05) is 5.39 Å². The van der Waals surface area contributed by atoms with E-state index < -0.39 is 0 Å². The third-order valence-corrected chi connectivity index (χ3v) is 6.87. The molecule has 180 valence electrons. The zero-order chi connectivity index (χ0) is 22.9. The molecule has 2 N–H and O–H groups in total. The molecule has 0 aromatic heterocycles. The molecule has 0 fully saturated rings. The highest BCUT2D eigenvalue weighted by molar-refractivity contribution is 5.91. The van der Waals surface area contributed by atoms with Gasteiger partial charge in [-0.15, -0.1) is 0 Å². The fourth-order valence-corrected chi connectivity index (χ4v) is 4.78. The molecular weight excluding hydrogens is 392 g/mol. The Labute approximate surface area is 197 Å². The Hall–Kier alpha value is -1.70. The summed E-state index contributed by atoms with van der Waals surface area (Å²) >= 11 is 0. The first-order valence-corrected chi connectivity index (χ1v) is 13.7. The first kappa shape index (κ1) is 26.6. The first-order chi connectivity index (χ1) is 15.7. The summed E-state index contributed by atoms with van der Waals surface area (Å²) in [6.07, 6.45) is 25.6. The lowest BCUT2D eigenvalue weighted by Gasteiger charge is -2.10. The van der Waals surface area contributed by atoms with Crippen LogP contribution in [0.5, 0.6) is 11.5 Å². The number of unbranched alkanes of at least 4 members (excludes halogenated alkanes) is 17. The standard InChI is InChI=1S/C30H48O2/c1-2-3-4-5-6-7-8-9-10-11-12-13-14-15-16-17-18-19-23-27-25-26-22-20-21-24-28(26)30(32)29(27)31/h20-22,24-25,31-32H,2-19,23H2,1H3. The van der Waals surface area contributed by atoms with Crippen LogP contribution < -0.4 is 0 Å². The molecule has 0 amide bonds. The second-order valence-corrected chi connectivity index (χ2v) is 9.71. The number of aryl methyl sites for hydroxylation is 1. The summed E-state index contributed by atoms with van der Waals surface area (Å²) < 4.78 is 0. The third-order valence-electron chi connectivity index (χ3n) is 6.87. The molecule has 0 heterocycles. The van der Waals surface area contributed by atoms with Crippen LogP contribution in [0.2, 0.25) is 0 Å². The molecule has 0 bridgehead atoms. The fraction of sp³-hybridized carbons (Fsp3) is 0.667. The van der Waals surface area contributed by atoms with Crippen LogP contribution >= 0.6 is 0 Å². The number of rotatable bonds is 19. The molecule has 0 atom stereocenters. The van der Waals surface area contributed by atoms with E-state index >= 15 is 0 Å². The molecule has 2 rings (SSSR count). The predicted octanol–water partition coefficient (Wildman–Crippen LogP) is 9.84. The lowest BCUT2D eigenvalue weighted by molar-refractivity contribution is 0.403. The summed E-state index contributed by atoms with van der Waals surface area (Å²) in [5, 5.41) is 22.3. The van der Waals surface area contributed by atoms with Gasteiger partial charge in [0.2, 0.25) is 0 Å². The van der Waals surface area contributed by atoms with Gasteiger partial charge in [-0.05, 0) is 29.9 Å². The van der Waals surface area contributed by atoms with Crippen molar-refractivity contribution in [1.29, 1.82) is 0 Å². The molecule has 2 nitrogen and oxygen atoms in total. The van der Waals surface area contributed by atoms with Gasteiger partial charge in [-0.3, -0.25) is 0 Å². The largest absolute Gasteiger partial charge is 0.504 e. The molecule has 0 saturated heterocycles. The second-order valence-electron chi connectivity index (χ2n) is 9.71. The molecule has 2 aromatic carbocycles. The van der Waals surface area contributed by atoms with Crippen molar-refractivity contribution < 1.29 is 10.2 Å². The quantitative estimate of drug-likeness (QED) is 0.168. The highest BCUT2D eigenvalue weighted by Gasteiger charge is 2.11. The third kappa shape index (κ3) is 10.3. The van der Waals surface area contributed by atoms with Crippen molar-refractivity contribution >= 4 is 10.8 Å². The van der Waals surface area contributed by atoms with E-state index in [9.17, 15) is 10.2 Å². The van der Waals surface area contributed by atoms with Crippen molar-refractivity contribution in [2.75, 3.05) is 0 Å². The first-order valence-electron chi connectivity index (χ1n) is 13.7. The highest BCUT2D eigenvalue weighted by atomic mass is 16.3. The number of benzene rings is 2. The molecule has 0 spiro atoms. The van der Waals surface area contributed by atoms with Crippen molar-refractivity contribution in [3.8, 4) is 11.5 Å². The maximum absolute atomic E-state index is 10.3. The van der Waals surface area contributed by atoms with Crippen LogP contribution in [0.15, 0.2) is 30.3 Å². The van der Waals surface area contributed by atoms with Gasteiger partial charge < -0.3 is 10.2 Å². The molecule has 0 radical (unpaired) electrons. The molecule has 0 unspecified atom stereocenters. The summed E-state index contributed by atoms with van der Waals surface area (Å²) in [4.78, 5) is 0. The van der Waals surface area contributed by atoms with E-state index in [1.54, 1.807) is 0 Å². The molecule has 0 aliphatic carbocycles. The monoisotopic (exact) mass is 440 g/mol. The maximum atomic E-state index is 10.3. The minimum Gasteiger partial charge on any atom is -0.504 e. The minimum atomic E-state index is 0.0282. The second kappa shape index (κ2) is 16.9. The Morgan fingerprint density at radius 2 is 0.969 bits per heavy atom. The summed E-state index contributed by atoms with van der Waals surface area (Å²) in [7, 11) is 0. The van der Waals surface area contributed by atoms with E-state index in [0.717, 1.165) is 29.2 Å². The average Bonchev–Trinajstić information content (AvgIpc) is 2.81. The van der Waals surface area contributed by atoms with Crippen molar-refractivity contribution in [1.82, 2.24) is 0 Å². The number of hydrogen-bond acceptors (Lipinski definition) is 2. The van der Waals surface area contributed by atoms with Gasteiger partial charge in [0.1, 0.15) is 0 Å². The number of hydrogen-bond donors (Lipinski definition) is 2. The van der Waals surface area contributed by atoms with Crippen LogP contribution in [-0.4, -0.2) is 10.2 Å². The summed E-state index contributed by atoms with van der Waals surface area (Å²) in [5.74, 6) is 0.0937. The fourth-order valence-electron chi connectivity index (χ4n) is 4.78. The van der Waals surface area contributed by atoms with Gasteiger partial charge in [0.05, 0.1) is 0 Å². The topological polar surface area (TPSA) is 40.5 Å². The molecule has 32 heavy (non-hydrogen) atoms. The molecule has 0 aliphatic heterocycles. The van der Waals surface area contributed by atoms with Gasteiger partial charge in [0.25, 0.3) is 0 Å². The average molecular weight is 441 g/mol. The molecule has 2 aromatic rings. The Morgan fingerprint density at radius 1 is 0.531 bits per heavy atom. The van der Waals surface area contributed by atoms with E-state index in [0.29, 0.717) is 0 Å². The van der Waals surface area contributed by atoms with Crippen LogP contribution in [0.3, 0.4) is 0 Å². The normalized spacial score (nSPS) is 11.4. The van der Waals surface area contributed by atoms with Crippen molar-refractivity contribution in [3.05, 3.63) is 35.9 Å². The number of fused-ring (bicyclic) bond motifs is 1. The lowest BCUT2D eigenvalue weighted by atomic mass is 9.99. The van der Waals surface area contributed by atoms with Crippen LogP contribution in [0.25, 0.3) is 10.8 Å². The summed E-state index contributed by atoms with van der Waals surface area (Å²) in [6, 6.07) is 9.73. The minimum absolute atomic E-state index is 0.0282. The number of aromatic hydroxyl groups is 2. The van der Waals surface area contributed by atoms with Gasteiger partial charge >= 0.3 is 0 Å². The van der Waals surface area contributed by atoms with Crippen LogP contribution in [0, 0.1) is 0 Å². The van der Waals surface area contributed by atoms with E-state index in [1.807, 2.05) is 30.3 Å². The smallest absolute Gasteiger partial charge is 0.165 e. The van der Waals surface area contributed by atoms with E-state index in [-0.39, 0.29) is 11.5 Å². The SMILES string of the molecule is CCCCCCCCCCCCCCCCCCCCc1cc2ccccc2c(O)c1O. The van der Waals surface area contributed by atoms with Crippen LogP contribution in [0.4, 0.5) is 0 Å². The Bertz CT molecular complexity index is 737. The van der Waals surface area contributed by atoms with E-state index in [4.69, 9.17) is 0 Å². The zero-order valence-electron chi connectivity index (χ0n) is 20.7. The molecule has 2 heteroatoms.